The highest BCUT2D eigenvalue weighted by Crippen LogP contribution is 2.48. The molecule has 2 aliphatic rings. The average molecular weight is 757 g/mol. The Morgan fingerprint density at radius 1 is 0.902 bits per heavy atom. The highest BCUT2D eigenvalue weighted by molar-refractivity contribution is 8.07. The maximum Gasteiger partial charge on any atom is 0.356 e. The molecular formula is C38H32N2O7S4. The van der Waals surface area contributed by atoms with E-state index in [0.717, 1.165) is 21.4 Å². The van der Waals surface area contributed by atoms with Crippen LogP contribution in [0.2, 0.25) is 0 Å². The van der Waals surface area contributed by atoms with E-state index in [1.165, 1.54) is 65.3 Å². The van der Waals surface area contributed by atoms with Crippen LogP contribution in [0.5, 0.6) is 0 Å². The van der Waals surface area contributed by atoms with Crippen LogP contribution in [0, 0.1) is 0 Å². The summed E-state index contributed by atoms with van der Waals surface area (Å²) in [5.41, 5.74) is 2.55. The molecule has 13 heteroatoms. The minimum Gasteiger partial charge on any atom is -0.448 e. The fraction of sp³-hybridized carbons (Fsp3) is 0.211. The molecule has 4 heterocycles. The largest absolute Gasteiger partial charge is 0.448 e. The summed E-state index contributed by atoms with van der Waals surface area (Å²) in [6, 6.07) is 29.2. The van der Waals surface area contributed by atoms with E-state index in [1.54, 1.807) is 0 Å². The van der Waals surface area contributed by atoms with Gasteiger partial charge in [0.2, 0.25) is 11.3 Å². The number of hydrogen-bond donors (Lipinski definition) is 1. The second-order valence-corrected chi connectivity index (χ2v) is 16.1. The number of rotatable bonds is 12. The summed E-state index contributed by atoms with van der Waals surface area (Å²) in [5.74, 6) is -1.07. The first kappa shape index (κ1) is 35.2. The number of hydrogen-bond acceptors (Lipinski definition) is 11. The first-order valence-electron chi connectivity index (χ1n) is 16.0. The van der Waals surface area contributed by atoms with Crippen molar-refractivity contribution in [3.63, 3.8) is 0 Å². The van der Waals surface area contributed by atoms with Crippen molar-refractivity contribution in [2.45, 2.75) is 34.4 Å². The van der Waals surface area contributed by atoms with E-state index >= 15 is 0 Å². The van der Waals surface area contributed by atoms with Gasteiger partial charge in [-0.05, 0) is 28.1 Å². The number of nitrogens with one attached hydrogen (secondary N) is 1. The summed E-state index contributed by atoms with van der Waals surface area (Å²) in [6.45, 7) is 0. The zero-order valence-electron chi connectivity index (χ0n) is 27.5. The fourth-order valence-electron chi connectivity index (χ4n) is 6.05. The van der Waals surface area contributed by atoms with Crippen LogP contribution in [0.25, 0.3) is 9.40 Å². The number of fused-ring (bicyclic) bond motifs is 2. The minimum atomic E-state index is -0.946. The Morgan fingerprint density at radius 3 is 2.16 bits per heavy atom. The number of benzene rings is 3. The van der Waals surface area contributed by atoms with Gasteiger partial charge in [0.1, 0.15) is 17.1 Å². The Bertz CT molecular complexity index is 2110. The molecule has 0 aliphatic carbocycles. The number of thiophene rings is 1. The third kappa shape index (κ3) is 7.14. The van der Waals surface area contributed by atoms with Crippen molar-refractivity contribution in [1.29, 1.82) is 0 Å². The molecule has 7 rings (SSSR count). The summed E-state index contributed by atoms with van der Waals surface area (Å²) >= 11 is 5.42. The zero-order valence-corrected chi connectivity index (χ0v) is 30.7. The van der Waals surface area contributed by atoms with Gasteiger partial charge >= 0.3 is 5.97 Å². The normalized spacial score (nSPS) is 17.1. The Morgan fingerprint density at radius 2 is 1.53 bits per heavy atom. The number of ether oxygens (including phenoxy) is 3. The van der Waals surface area contributed by atoms with Crippen molar-refractivity contribution >= 4 is 73.4 Å². The maximum absolute atomic E-state index is 14.5. The molecule has 0 spiro atoms. The molecule has 1 fully saturated rings. The number of esters is 1. The summed E-state index contributed by atoms with van der Waals surface area (Å²) in [5, 5.41) is 4.22. The van der Waals surface area contributed by atoms with Crippen LogP contribution < -0.4 is 10.7 Å². The Hall–Kier alpha value is -4.24. The number of thioether (sulfide) groups is 2. The number of carbonyl (C=O) groups is 3. The summed E-state index contributed by atoms with van der Waals surface area (Å²) in [6.07, 6.45) is -1.58. The van der Waals surface area contributed by atoms with E-state index in [2.05, 4.69) is 5.32 Å². The van der Waals surface area contributed by atoms with Crippen LogP contribution in [-0.4, -0.2) is 54.1 Å². The molecule has 3 aromatic carbocycles. The van der Waals surface area contributed by atoms with Gasteiger partial charge in [-0.25, -0.2) is 4.79 Å². The number of nitrogens with zero attached hydrogens (tertiary/aromatic N) is 1. The van der Waals surface area contributed by atoms with Gasteiger partial charge in [-0.1, -0.05) is 103 Å². The van der Waals surface area contributed by atoms with Gasteiger partial charge in [0.15, 0.2) is 12.4 Å². The van der Waals surface area contributed by atoms with Crippen molar-refractivity contribution in [1.82, 2.24) is 10.2 Å². The van der Waals surface area contributed by atoms with Gasteiger partial charge in [-0.2, -0.15) is 0 Å². The van der Waals surface area contributed by atoms with Gasteiger partial charge in [-0.3, -0.25) is 19.3 Å². The van der Waals surface area contributed by atoms with Crippen LogP contribution in [0.15, 0.2) is 122 Å². The monoisotopic (exact) mass is 756 g/mol. The molecule has 260 valence electrons. The summed E-state index contributed by atoms with van der Waals surface area (Å²) in [7, 11) is 2.93. The average Bonchev–Trinajstić information content (AvgIpc) is 3.64. The molecule has 0 bridgehead atoms. The Labute approximate surface area is 310 Å². The zero-order chi connectivity index (χ0) is 35.5. The Balaban J connectivity index is 1.27. The van der Waals surface area contributed by atoms with Gasteiger partial charge in [0.25, 0.3) is 5.91 Å². The Kier molecular flexibility index (Phi) is 10.7. The topological polar surface area (TPSA) is 111 Å². The predicted molar refractivity (Wildman–Crippen MR) is 202 cm³/mol. The molecule has 0 radical (unpaired) electrons. The van der Waals surface area contributed by atoms with Crippen molar-refractivity contribution < 1.29 is 28.6 Å². The molecule has 9 nitrogen and oxygen atoms in total. The van der Waals surface area contributed by atoms with Gasteiger partial charge in [0, 0.05) is 24.9 Å². The molecule has 2 aromatic heterocycles. The quantitative estimate of drug-likeness (QED) is 0.0827. The lowest BCUT2D eigenvalue weighted by Crippen LogP contribution is -2.70. The molecule has 5 aromatic rings. The van der Waals surface area contributed by atoms with Crippen molar-refractivity contribution in [3.8, 4) is 0 Å². The molecule has 2 amide bonds. The lowest BCUT2D eigenvalue weighted by molar-refractivity contribution is -0.154. The SMILES string of the molecule is COC(OC)c1c(SC2=C(C(=O)OC(c3ccccc3)c3ccccc3)N3C(=O)C(NC(=O)Cc4ccccc4)[C@@H]3SC2)sc2ccsc2c1=O. The van der Waals surface area contributed by atoms with Gasteiger partial charge in [0.05, 0.1) is 25.6 Å². The second kappa shape index (κ2) is 15.6. The van der Waals surface area contributed by atoms with E-state index in [0.29, 0.717) is 25.1 Å². The van der Waals surface area contributed by atoms with Crippen molar-refractivity contribution in [2.75, 3.05) is 20.0 Å². The highest BCUT2D eigenvalue weighted by Gasteiger charge is 2.55. The van der Waals surface area contributed by atoms with Crippen molar-refractivity contribution in [2.24, 2.45) is 0 Å². The number of β-lactam (4-membered cyclic amide) rings is 1. The molecule has 2 atom stereocenters. The fourth-order valence-corrected chi connectivity index (χ4v) is 11.1. The van der Waals surface area contributed by atoms with Gasteiger partial charge < -0.3 is 19.5 Å². The number of carbonyl (C=O) groups excluding carboxylic acids is 3. The van der Waals surface area contributed by atoms with Crippen LogP contribution in [0.1, 0.15) is 34.6 Å². The molecule has 51 heavy (non-hydrogen) atoms. The first-order chi connectivity index (χ1) is 24.9. The third-order valence-electron chi connectivity index (χ3n) is 8.46. The van der Waals surface area contributed by atoms with E-state index in [1.807, 2.05) is 102 Å². The lowest BCUT2D eigenvalue weighted by atomic mass is 10.0. The molecular weight excluding hydrogens is 725 g/mol. The van der Waals surface area contributed by atoms with Crippen LogP contribution in [0.4, 0.5) is 0 Å². The maximum atomic E-state index is 14.5. The summed E-state index contributed by atoms with van der Waals surface area (Å²) in [4.78, 5) is 57.3. The van der Waals surface area contributed by atoms with E-state index in [4.69, 9.17) is 14.2 Å². The van der Waals surface area contributed by atoms with E-state index < -0.39 is 35.7 Å². The lowest BCUT2D eigenvalue weighted by Gasteiger charge is -2.49. The second-order valence-electron chi connectivity index (χ2n) is 11.6. The third-order valence-corrected chi connectivity index (χ3v) is 13.4. The van der Waals surface area contributed by atoms with E-state index in [9.17, 15) is 19.2 Å². The highest BCUT2D eigenvalue weighted by atomic mass is 32.2. The molecule has 2 aliphatic heterocycles. The number of amides is 2. The van der Waals surface area contributed by atoms with E-state index in [-0.39, 0.29) is 23.5 Å². The summed E-state index contributed by atoms with van der Waals surface area (Å²) < 4.78 is 19.4. The van der Waals surface area contributed by atoms with Gasteiger partial charge in [-0.15, -0.1) is 34.4 Å². The first-order valence-corrected chi connectivity index (χ1v) is 19.5. The molecule has 1 N–H and O–H groups in total. The predicted octanol–water partition coefficient (Wildman–Crippen LogP) is 6.89. The van der Waals surface area contributed by atoms with Crippen molar-refractivity contribution in [3.05, 3.63) is 146 Å². The minimum absolute atomic E-state index is 0.0848. The van der Waals surface area contributed by atoms with Crippen LogP contribution >= 0.6 is 46.2 Å². The standard InChI is InChI=1S/C38H32N2O7S4/c1-45-37(46-2)28-31(42)33-25(18-19-48-33)50-38(28)51-26-21-49-35-29(39-27(41)20-22-12-6-3-7-13-22)34(43)40(35)30(26)36(44)47-32(23-14-8-4-9-15-23)24-16-10-5-11-17-24/h3-19,29,32,35,37H,20-21H2,1-2H3,(H,39,41)/t29?,35-/m0/s1. The molecule has 1 unspecified atom stereocenters. The van der Waals surface area contributed by atoms with Crippen LogP contribution in [0.3, 0.4) is 0 Å². The molecule has 1 saturated heterocycles. The number of methoxy groups -OCH3 is 2. The van der Waals surface area contributed by atoms with Crippen LogP contribution in [-0.2, 0) is 35.0 Å². The smallest absolute Gasteiger partial charge is 0.356 e. The molecule has 0 saturated carbocycles.